The minimum absolute atomic E-state index is 0.636. The SMILES string of the molecule is NNC(Cc1c(F)cccc1F)C(F)(F)F. The van der Waals surface area contributed by atoms with Crippen molar-refractivity contribution in [3.05, 3.63) is 35.4 Å². The van der Waals surface area contributed by atoms with Gasteiger partial charge in [0.25, 0.3) is 0 Å². The van der Waals surface area contributed by atoms with E-state index in [2.05, 4.69) is 0 Å². The van der Waals surface area contributed by atoms with Crippen LogP contribution < -0.4 is 11.3 Å². The van der Waals surface area contributed by atoms with Gasteiger partial charge in [-0.3, -0.25) is 5.84 Å². The number of halogens is 5. The molecule has 0 radical (unpaired) electrons. The Balaban J connectivity index is 2.95. The number of hydrazine groups is 1. The molecule has 0 spiro atoms. The lowest BCUT2D eigenvalue weighted by molar-refractivity contribution is -0.155. The summed E-state index contributed by atoms with van der Waals surface area (Å²) >= 11 is 0. The number of nitrogens with two attached hydrogens (primary N) is 1. The van der Waals surface area contributed by atoms with Crippen molar-refractivity contribution in [2.45, 2.75) is 18.6 Å². The monoisotopic (exact) mass is 240 g/mol. The highest BCUT2D eigenvalue weighted by atomic mass is 19.4. The van der Waals surface area contributed by atoms with Gasteiger partial charge in [0.15, 0.2) is 0 Å². The third kappa shape index (κ3) is 2.89. The Kier molecular flexibility index (Phi) is 3.82. The normalized spacial score (nSPS) is 13.9. The van der Waals surface area contributed by atoms with Crippen molar-refractivity contribution in [3.8, 4) is 0 Å². The van der Waals surface area contributed by atoms with Crippen molar-refractivity contribution in [2.24, 2.45) is 5.84 Å². The van der Waals surface area contributed by atoms with E-state index in [4.69, 9.17) is 5.84 Å². The van der Waals surface area contributed by atoms with Crippen LogP contribution >= 0.6 is 0 Å². The molecule has 1 aromatic rings. The van der Waals surface area contributed by atoms with Gasteiger partial charge in [-0.2, -0.15) is 13.2 Å². The van der Waals surface area contributed by atoms with Crippen LogP contribution in [0.3, 0.4) is 0 Å². The average Bonchev–Trinajstić information content (AvgIpc) is 2.15. The highest BCUT2D eigenvalue weighted by Gasteiger charge is 2.39. The topological polar surface area (TPSA) is 38.0 Å². The summed E-state index contributed by atoms with van der Waals surface area (Å²) in [4.78, 5) is 0. The van der Waals surface area contributed by atoms with Crippen LogP contribution in [0.4, 0.5) is 22.0 Å². The summed E-state index contributed by atoms with van der Waals surface area (Å²) in [7, 11) is 0. The second kappa shape index (κ2) is 4.75. The van der Waals surface area contributed by atoms with Gasteiger partial charge in [0.05, 0.1) is 0 Å². The van der Waals surface area contributed by atoms with Crippen molar-refractivity contribution in [1.29, 1.82) is 0 Å². The zero-order valence-electron chi connectivity index (χ0n) is 7.98. The molecule has 1 atom stereocenters. The molecule has 0 saturated heterocycles. The second-order valence-corrected chi connectivity index (χ2v) is 3.17. The first-order chi connectivity index (χ1) is 7.36. The fourth-order valence-electron chi connectivity index (χ4n) is 1.20. The van der Waals surface area contributed by atoms with Crippen LogP contribution in [-0.4, -0.2) is 12.2 Å². The predicted octanol–water partition coefficient (Wildman–Crippen LogP) is 1.90. The Hall–Kier alpha value is -1.21. The summed E-state index contributed by atoms with van der Waals surface area (Å²) in [6.45, 7) is 0. The van der Waals surface area contributed by atoms with E-state index in [0.717, 1.165) is 18.2 Å². The highest BCUT2D eigenvalue weighted by molar-refractivity contribution is 5.21. The molecule has 2 nitrogen and oxygen atoms in total. The number of nitrogens with one attached hydrogen (secondary N) is 1. The Labute approximate surface area is 88.2 Å². The van der Waals surface area contributed by atoms with E-state index < -0.39 is 35.8 Å². The predicted molar refractivity (Wildman–Crippen MR) is 47.2 cm³/mol. The molecule has 1 rings (SSSR count). The Morgan fingerprint density at radius 2 is 1.69 bits per heavy atom. The van der Waals surface area contributed by atoms with Crippen molar-refractivity contribution >= 4 is 0 Å². The summed E-state index contributed by atoms with van der Waals surface area (Å²) in [5.74, 6) is 2.64. The van der Waals surface area contributed by atoms with Gasteiger partial charge in [-0.15, -0.1) is 0 Å². The fourth-order valence-corrected chi connectivity index (χ4v) is 1.20. The molecule has 16 heavy (non-hydrogen) atoms. The quantitative estimate of drug-likeness (QED) is 0.481. The lowest BCUT2D eigenvalue weighted by Gasteiger charge is -2.19. The maximum absolute atomic E-state index is 13.1. The summed E-state index contributed by atoms with van der Waals surface area (Å²) in [5, 5.41) is 0. The number of hydrogen-bond donors (Lipinski definition) is 2. The molecule has 3 N–H and O–H groups in total. The van der Waals surface area contributed by atoms with Gasteiger partial charge in [-0.25, -0.2) is 14.2 Å². The molecular weight excluding hydrogens is 231 g/mol. The van der Waals surface area contributed by atoms with Gasteiger partial charge >= 0.3 is 6.18 Å². The van der Waals surface area contributed by atoms with Crippen LogP contribution in [0.25, 0.3) is 0 Å². The van der Waals surface area contributed by atoms with Crippen LogP contribution in [-0.2, 0) is 6.42 Å². The standard InChI is InChI=1S/C9H9F5N2/c10-6-2-1-3-7(11)5(6)4-8(16-15)9(12,13)14/h1-3,8,16H,4,15H2. The molecule has 0 aliphatic rings. The highest BCUT2D eigenvalue weighted by Crippen LogP contribution is 2.24. The third-order valence-electron chi connectivity index (χ3n) is 2.07. The third-order valence-corrected chi connectivity index (χ3v) is 2.07. The van der Waals surface area contributed by atoms with E-state index in [1.165, 1.54) is 5.43 Å². The van der Waals surface area contributed by atoms with E-state index in [-0.39, 0.29) is 0 Å². The van der Waals surface area contributed by atoms with Crippen LogP contribution in [0.5, 0.6) is 0 Å². The lowest BCUT2D eigenvalue weighted by Crippen LogP contribution is -2.47. The van der Waals surface area contributed by atoms with E-state index in [1.54, 1.807) is 0 Å². The zero-order valence-corrected chi connectivity index (χ0v) is 7.98. The molecule has 0 saturated carbocycles. The molecule has 0 heterocycles. The molecule has 90 valence electrons. The van der Waals surface area contributed by atoms with E-state index in [1.807, 2.05) is 0 Å². The maximum atomic E-state index is 13.1. The summed E-state index contributed by atoms with van der Waals surface area (Å²) < 4.78 is 63.0. The molecule has 0 amide bonds. The fraction of sp³-hybridized carbons (Fsp3) is 0.333. The molecule has 0 aromatic heterocycles. The average molecular weight is 240 g/mol. The largest absolute Gasteiger partial charge is 0.405 e. The molecular formula is C9H9F5N2. The Bertz CT molecular complexity index is 343. The van der Waals surface area contributed by atoms with E-state index in [0.29, 0.717) is 0 Å². The van der Waals surface area contributed by atoms with Gasteiger partial charge in [-0.1, -0.05) is 6.07 Å². The number of hydrogen-bond acceptors (Lipinski definition) is 2. The maximum Gasteiger partial charge on any atom is 0.405 e. The zero-order chi connectivity index (χ0) is 12.3. The minimum atomic E-state index is -4.66. The van der Waals surface area contributed by atoms with Gasteiger partial charge in [-0.05, 0) is 12.1 Å². The Morgan fingerprint density at radius 3 is 2.06 bits per heavy atom. The summed E-state index contributed by atoms with van der Waals surface area (Å²) in [6.07, 6.45) is -5.55. The Morgan fingerprint density at radius 1 is 1.19 bits per heavy atom. The minimum Gasteiger partial charge on any atom is -0.271 e. The van der Waals surface area contributed by atoms with Crippen molar-refractivity contribution in [1.82, 2.24) is 5.43 Å². The van der Waals surface area contributed by atoms with Gasteiger partial charge in [0.1, 0.15) is 17.7 Å². The van der Waals surface area contributed by atoms with Gasteiger partial charge in [0.2, 0.25) is 0 Å². The van der Waals surface area contributed by atoms with E-state index in [9.17, 15) is 22.0 Å². The van der Waals surface area contributed by atoms with Crippen LogP contribution in [0.2, 0.25) is 0 Å². The van der Waals surface area contributed by atoms with Crippen molar-refractivity contribution < 1.29 is 22.0 Å². The van der Waals surface area contributed by atoms with E-state index >= 15 is 0 Å². The lowest BCUT2D eigenvalue weighted by atomic mass is 10.0. The van der Waals surface area contributed by atoms with Crippen molar-refractivity contribution in [2.75, 3.05) is 0 Å². The number of benzene rings is 1. The molecule has 7 heteroatoms. The molecule has 0 fully saturated rings. The molecule has 0 bridgehead atoms. The van der Waals surface area contributed by atoms with Crippen LogP contribution in [0.15, 0.2) is 18.2 Å². The van der Waals surface area contributed by atoms with Gasteiger partial charge < -0.3 is 0 Å². The molecule has 0 aliphatic carbocycles. The molecule has 0 aliphatic heterocycles. The summed E-state index contributed by atoms with van der Waals surface area (Å²) in [5.41, 5.74) is 0.850. The smallest absolute Gasteiger partial charge is 0.271 e. The first-order valence-corrected chi connectivity index (χ1v) is 4.32. The second-order valence-electron chi connectivity index (χ2n) is 3.17. The number of rotatable bonds is 3. The molecule has 1 aromatic carbocycles. The first kappa shape index (κ1) is 12.9. The molecule has 1 unspecified atom stereocenters. The van der Waals surface area contributed by atoms with Crippen molar-refractivity contribution in [3.63, 3.8) is 0 Å². The van der Waals surface area contributed by atoms with Crippen LogP contribution in [0, 0.1) is 11.6 Å². The number of alkyl halides is 3. The first-order valence-electron chi connectivity index (χ1n) is 4.32. The van der Waals surface area contributed by atoms with Gasteiger partial charge in [0, 0.05) is 12.0 Å². The van der Waals surface area contributed by atoms with Crippen LogP contribution in [0.1, 0.15) is 5.56 Å². The summed E-state index contributed by atoms with van der Waals surface area (Å²) in [6, 6.07) is 0.677.